The molecule has 5 heteroatoms. The number of benzene rings is 1. The lowest BCUT2D eigenvalue weighted by molar-refractivity contribution is 0.0633. The lowest BCUT2D eigenvalue weighted by Crippen LogP contribution is -2.45. The van der Waals surface area contributed by atoms with Gasteiger partial charge in [0.1, 0.15) is 5.82 Å². The van der Waals surface area contributed by atoms with Crippen LogP contribution in [-0.2, 0) is 0 Å². The van der Waals surface area contributed by atoms with Gasteiger partial charge in [0.2, 0.25) is 0 Å². The quantitative estimate of drug-likeness (QED) is 0.753. The molecule has 1 unspecified atom stereocenters. The first kappa shape index (κ1) is 13.8. The van der Waals surface area contributed by atoms with Gasteiger partial charge in [-0.05, 0) is 47.3 Å². The van der Waals surface area contributed by atoms with Crippen LogP contribution in [-0.4, -0.2) is 29.3 Å². The Labute approximate surface area is 119 Å². The van der Waals surface area contributed by atoms with Crippen molar-refractivity contribution in [1.82, 2.24) is 4.90 Å². The van der Waals surface area contributed by atoms with Crippen molar-refractivity contribution in [1.29, 1.82) is 0 Å². The summed E-state index contributed by atoms with van der Waals surface area (Å²) in [7, 11) is 0. The summed E-state index contributed by atoms with van der Waals surface area (Å²) in [6.07, 6.45) is 2.91. The SMILES string of the molecule is O=C(c1c(F)cccc1Br)N1CCCCC1CCl. The van der Waals surface area contributed by atoms with Crippen molar-refractivity contribution in [3.05, 3.63) is 34.1 Å². The smallest absolute Gasteiger partial charge is 0.258 e. The fourth-order valence-corrected chi connectivity index (χ4v) is 3.11. The molecule has 1 saturated heterocycles. The molecule has 1 amide bonds. The molecule has 0 aromatic heterocycles. The fraction of sp³-hybridized carbons (Fsp3) is 0.462. The second-order valence-electron chi connectivity index (χ2n) is 4.40. The van der Waals surface area contributed by atoms with Gasteiger partial charge >= 0.3 is 0 Å². The predicted octanol–water partition coefficient (Wildman–Crippen LogP) is 3.82. The van der Waals surface area contributed by atoms with Crippen LogP contribution in [0.25, 0.3) is 0 Å². The minimum absolute atomic E-state index is 0.0134. The first-order valence-corrected chi connectivity index (χ1v) is 7.29. The predicted molar refractivity (Wildman–Crippen MR) is 73.5 cm³/mol. The number of carbonyl (C=O) groups is 1. The van der Waals surface area contributed by atoms with Crippen molar-refractivity contribution in [2.24, 2.45) is 0 Å². The highest BCUT2D eigenvalue weighted by atomic mass is 79.9. The third-order valence-electron chi connectivity index (χ3n) is 3.24. The molecule has 1 heterocycles. The van der Waals surface area contributed by atoms with Gasteiger partial charge in [-0.1, -0.05) is 6.07 Å². The van der Waals surface area contributed by atoms with Crippen molar-refractivity contribution in [3.63, 3.8) is 0 Å². The second-order valence-corrected chi connectivity index (χ2v) is 5.56. The van der Waals surface area contributed by atoms with Crippen LogP contribution in [0.15, 0.2) is 22.7 Å². The number of nitrogens with zero attached hydrogens (tertiary/aromatic N) is 1. The maximum absolute atomic E-state index is 13.8. The number of piperidine rings is 1. The molecular formula is C13H14BrClFNO. The van der Waals surface area contributed by atoms with Gasteiger partial charge < -0.3 is 4.90 Å². The van der Waals surface area contributed by atoms with Gasteiger partial charge in [-0.15, -0.1) is 11.6 Å². The maximum atomic E-state index is 13.8. The van der Waals surface area contributed by atoms with E-state index in [4.69, 9.17) is 11.6 Å². The number of rotatable bonds is 2. The summed E-state index contributed by atoms with van der Waals surface area (Å²) in [5.41, 5.74) is 0.106. The highest BCUT2D eigenvalue weighted by molar-refractivity contribution is 9.10. The number of likely N-dealkylation sites (tertiary alicyclic amines) is 1. The molecule has 0 spiro atoms. The average molecular weight is 335 g/mol. The van der Waals surface area contributed by atoms with E-state index in [1.807, 2.05) is 0 Å². The number of carbonyl (C=O) groups excluding carboxylic acids is 1. The lowest BCUT2D eigenvalue weighted by Gasteiger charge is -2.34. The molecule has 0 aliphatic carbocycles. The molecule has 1 aliphatic rings. The van der Waals surface area contributed by atoms with E-state index in [0.29, 0.717) is 16.9 Å². The van der Waals surface area contributed by atoms with E-state index in [9.17, 15) is 9.18 Å². The molecule has 18 heavy (non-hydrogen) atoms. The highest BCUT2D eigenvalue weighted by Gasteiger charge is 2.29. The molecule has 1 aliphatic heterocycles. The number of alkyl halides is 1. The summed E-state index contributed by atoms with van der Waals surface area (Å²) in [6.45, 7) is 0.650. The zero-order valence-corrected chi connectivity index (χ0v) is 12.2. The molecule has 1 fully saturated rings. The molecule has 0 N–H and O–H groups in total. The minimum atomic E-state index is -0.492. The van der Waals surface area contributed by atoms with Gasteiger partial charge in [0.05, 0.1) is 5.56 Å². The van der Waals surface area contributed by atoms with Crippen molar-refractivity contribution < 1.29 is 9.18 Å². The summed E-state index contributed by atoms with van der Waals surface area (Å²) < 4.78 is 14.3. The normalized spacial score (nSPS) is 19.9. The zero-order valence-electron chi connectivity index (χ0n) is 9.83. The molecule has 0 radical (unpaired) electrons. The third-order valence-corrected chi connectivity index (χ3v) is 4.26. The van der Waals surface area contributed by atoms with E-state index in [-0.39, 0.29) is 17.5 Å². The molecule has 2 nitrogen and oxygen atoms in total. The van der Waals surface area contributed by atoms with Gasteiger partial charge in [0.25, 0.3) is 5.91 Å². The van der Waals surface area contributed by atoms with E-state index in [2.05, 4.69) is 15.9 Å². The fourth-order valence-electron chi connectivity index (χ4n) is 2.27. The van der Waals surface area contributed by atoms with Gasteiger partial charge in [-0.25, -0.2) is 4.39 Å². The largest absolute Gasteiger partial charge is 0.334 e. The lowest BCUT2D eigenvalue weighted by atomic mass is 10.0. The molecule has 98 valence electrons. The Balaban J connectivity index is 2.30. The third kappa shape index (κ3) is 2.69. The van der Waals surface area contributed by atoms with Gasteiger partial charge in [-0.3, -0.25) is 4.79 Å². The minimum Gasteiger partial charge on any atom is -0.334 e. The highest BCUT2D eigenvalue weighted by Crippen LogP contribution is 2.26. The first-order chi connectivity index (χ1) is 8.65. The Morgan fingerprint density at radius 1 is 1.50 bits per heavy atom. The number of hydrogen-bond donors (Lipinski definition) is 0. The Hall–Kier alpha value is -0.610. The molecule has 0 saturated carbocycles. The number of hydrogen-bond acceptors (Lipinski definition) is 1. The van der Waals surface area contributed by atoms with Crippen LogP contribution in [0.4, 0.5) is 4.39 Å². The van der Waals surface area contributed by atoms with Crippen LogP contribution in [0.5, 0.6) is 0 Å². The van der Waals surface area contributed by atoms with Crippen LogP contribution < -0.4 is 0 Å². The van der Waals surface area contributed by atoms with Crippen LogP contribution in [0.2, 0.25) is 0 Å². The standard InChI is InChI=1S/C13H14BrClFNO/c14-10-5-3-6-11(16)12(10)13(18)17-7-2-1-4-9(17)8-15/h3,5-6,9H,1-2,4,7-8H2. The second kappa shape index (κ2) is 6.02. The van der Waals surface area contributed by atoms with E-state index >= 15 is 0 Å². The summed E-state index contributed by atoms with van der Waals surface area (Å²) >= 11 is 9.12. The van der Waals surface area contributed by atoms with Gasteiger partial charge in [-0.2, -0.15) is 0 Å². The van der Waals surface area contributed by atoms with E-state index in [0.717, 1.165) is 19.3 Å². The zero-order chi connectivity index (χ0) is 13.1. The summed E-state index contributed by atoms with van der Waals surface area (Å²) in [4.78, 5) is 14.1. The molecule has 0 bridgehead atoms. The molecular weight excluding hydrogens is 321 g/mol. The topological polar surface area (TPSA) is 20.3 Å². The number of amides is 1. The van der Waals surface area contributed by atoms with E-state index < -0.39 is 5.82 Å². The molecule has 1 aromatic rings. The Bertz CT molecular complexity index is 434. The Morgan fingerprint density at radius 3 is 2.94 bits per heavy atom. The summed E-state index contributed by atoms with van der Waals surface area (Å²) in [5.74, 6) is -0.365. The first-order valence-electron chi connectivity index (χ1n) is 5.96. The van der Waals surface area contributed by atoms with Crippen LogP contribution in [0.1, 0.15) is 29.6 Å². The van der Waals surface area contributed by atoms with Crippen molar-refractivity contribution >= 4 is 33.4 Å². The average Bonchev–Trinajstić information content (AvgIpc) is 2.38. The summed E-state index contributed by atoms with van der Waals surface area (Å²) in [6, 6.07) is 4.57. The van der Waals surface area contributed by atoms with Crippen LogP contribution in [0, 0.1) is 5.82 Å². The summed E-state index contributed by atoms with van der Waals surface area (Å²) in [5, 5.41) is 0. The molecule has 1 atom stereocenters. The Morgan fingerprint density at radius 2 is 2.28 bits per heavy atom. The van der Waals surface area contributed by atoms with Crippen LogP contribution >= 0.6 is 27.5 Å². The van der Waals surface area contributed by atoms with E-state index in [1.54, 1.807) is 17.0 Å². The maximum Gasteiger partial charge on any atom is 0.258 e. The Kier molecular flexibility index (Phi) is 4.62. The van der Waals surface area contributed by atoms with Gasteiger partial charge in [0.15, 0.2) is 0 Å². The molecule has 2 rings (SSSR count). The number of halogens is 3. The van der Waals surface area contributed by atoms with Gasteiger partial charge in [0, 0.05) is 22.9 Å². The van der Waals surface area contributed by atoms with Crippen molar-refractivity contribution in [2.75, 3.05) is 12.4 Å². The monoisotopic (exact) mass is 333 g/mol. The molecule has 1 aromatic carbocycles. The van der Waals surface area contributed by atoms with Crippen molar-refractivity contribution in [2.45, 2.75) is 25.3 Å². The van der Waals surface area contributed by atoms with E-state index in [1.165, 1.54) is 6.07 Å². The van der Waals surface area contributed by atoms with Crippen molar-refractivity contribution in [3.8, 4) is 0 Å². The van der Waals surface area contributed by atoms with Crippen LogP contribution in [0.3, 0.4) is 0 Å².